The van der Waals surface area contributed by atoms with Crippen LogP contribution >= 0.6 is 0 Å². The second kappa shape index (κ2) is 7.55. The summed E-state index contributed by atoms with van der Waals surface area (Å²) in [4.78, 5) is 25.7. The minimum atomic E-state index is -0.104. The molecule has 3 rings (SSSR count). The molecule has 0 atom stereocenters. The third-order valence-electron chi connectivity index (χ3n) is 4.67. The van der Waals surface area contributed by atoms with Gasteiger partial charge in [0, 0.05) is 20.0 Å². The summed E-state index contributed by atoms with van der Waals surface area (Å²) >= 11 is 0. The van der Waals surface area contributed by atoms with E-state index in [1.807, 2.05) is 18.2 Å². The fourth-order valence-corrected chi connectivity index (χ4v) is 3.26. The van der Waals surface area contributed by atoms with E-state index in [4.69, 9.17) is 9.47 Å². The third kappa shape index (κ3) is 4.19. The molecule has 1 aromatic carbocycles. The SMILES string of the molecule is CN(Cc1ccc2c(c1)OCO2)C(=O)CNC(=O)CC1CCCC1. The fraction of sp³-hybridized carbons (Fsp3) is 0.556. The highest BCUT2D eigenvalue weighted by Gasteiger charge is 2.19. The quantitative estimate of drug-likeness (QED) is 0.866. The molecule has 1 aliphatic carbocycles. The summed E-state index contributed by atoms with van der Waals surface area (Å²) in [6.07, 6.45) is 5.24. The van der Waals surface area contributed by atoms with Crippen molar-refractivity contribution in [2.75, 3.05) is 20.4 Å². The molecule has 6 nitrogen and oxygen atoms in total. The maximum atomic E-state index is 12.2. The minimum absolute atomic E-state index is 0.0215. The van der Waals surface area contributed by atoms with Crippen molar-refractivity contribution in [2.45, 2.75) is 38.6 Å². The third-order valence-corrected chi connectivity index (χ3v) is 4.67. The predicted octanol–water partition coefficient (Wildman–Crippen LogP) is 2.07. The molecule has 2 aliphatic rings. The van der Waals surface area contributed by atoms with Crippen molar-refractivity contribution < 1.29 is 19.1 Å². The van der Waals surface area contributed by atoms with Crippen molar-refractivity contribution in [3.05, 3.63) is 23.8 Å². The van der Waals surface area contributed by atoms with E-state index >= 15 is 0 Å². The number of rotatable bonds is 6. The number of carbonyl (C=O) groups excluding carboxylic acids is 2. The molecule has 0 radical (unpaired) electrons. The van der Waals surface area contributed by atoms with Crippen molar-refractivity contribution in [3.63, 3.8) is 0 Å². The second-order valence-electron chi connectivity index (χ2n) is 6.57. The lowest BCUT2D eigenvalue weighted by molar-refractivity contribution is -0.132. The maximum Gasteiger partial charge on any atom is 0.242 e. The first-order valence-electron chi connectivity index (χ1n) is 8.51. The van der Waals surface area contributed by atoms with Crippen LogP contribution in [0.1, 0.15) is 37.7 Å². The van der Waals surface area contributed by atoms with Crippen LogP contribution in [0.4, 0.5) is 0 Å². The molecule has 0 unspecified atom stereocenters. The van der Waals surface area contributed by atoms with Crippen LogP contribution in [0.5, 0.6) is 11.5 Å². The Morgan fingerprint density at radius 1 is 1.21 bits per heavy atom. The van der Waals surface area contributed by atoms with Crippen LogP contribution in [-0.4, -0.2) is 37.1 Å². The highest BCUT2D eigenvalue weighted by Crippen LogP contribution is 2.32. The van der Waals surface area contributed by atoms with E-state index in [-0.39, 0.29) is 25.2 Å². The molecule has 1 N–H and O–H groups in total. The van der Waals surface area contributed by atoms with Crippen LogP contribution in [0.25, 0.3) is 0 Å². The van der Waals surface area contributed by atoms with Crippen molar-refractivity contribution in [1.29, 1.82) is 0 Å². The minimum Gasteiger partial charge on any atom is -0.454 e. The van der Waals surface area contributed by atoms with Crippen LogP contribution < -0.4 is 14.8 Å². The number of likely N-dealkylation sites (N-methyl/N-ethyl adjacent to an activating group) is 1. The van der Waals surface area contributed by atoms with Gasteiger partial charge in [-0.25, -0.2) is 0 Å². The second-order valence-corrected chi connectivity index (χ2v) is 6.57. The first kappa shape index (κ1) is 16.6. The number of benzene rings is 1. The van der Waals surface area contributed by atoms with Crippen molar-refractivity contribution in [3.8, 4) is 11.5 Å². The molecule has 0 bridgehead atoms. The summed E-state index contributed by atoms with van der Waals surface area (Å²) in [5.74, 6) is 1.80. The van der Waals surface area contributed by atoms with Gasteiger partial charge in [0.15, 0.2) is 11.5 Å². The molecule has 130 valence electrons. The van der Waals surface area contributed by atoms with Gasteiger partial charge in [-0.05, 0) is 36.5 Å². The van der Waals surface area contributed by atoms with Crippen LogP contribution in [0.3, 0.4) is 0 Å². The number of ether oxygens (including phenoxy) is 2. The Hall–Kier alpha value is -2.24. The molecule has 6 heteroatoms. The standard InChI is InChI=1S/C18H24N2O4/c1-20(11-14-6-7-15-16(8-14)24-12-23-15)18(22)10-19-17(21)9-13-4-2-3-5-13/h6-8,13H,2-5,9-12H2,1H3,(H,19,21). The molecule has 24 heavy (non-hydrogen) atoms. The Labute approximate surface area is 142 Å². The van der Waals surface area contributed by atoms with E-state index in [9.17, 15) is 9.59 Å². The predicted molar refractivity (Wildman–Crippen MR) is 88.6 cm³/mol. The number of hydrogen-bond acceptors (Lipinski definition) is 4. The van der Waals surface area contributed by atoms with Gasteiger partial charge in [-0.15, -0.1) is 0 Å². The molecule has 0 aromatic heterocycles. The Kier molecular flexibility index (Phi) is 5.23. The summed E-state index contributed by atoms with van der Waals surface area (Å²) in [7, 11) is 1.73. The van der Waals surface area contributed by atoms with E-state index in [0.717, 1.165) is 24.2 Å². The number of carbonyl (C=O) groups is 2. The van der Waals surface area contributed by atoms with E-state index in [2.05, 4.69) is 5.32 Å². The fourth-order valence-electron chi connectivity index (χ4n) is 3.26. The number of amides is 2. The van der Waals surface area contributed by atoms with Gasteiger partial charge in [0.05, 0.1) is 6.54 Å². The number of hydrogen-bond donors (Lipinski definition) is 1. The molecule has 1 aliphatic heterocycles. The summed E-state index contributed by atoms with van der Waals surface area (Å²) in [6.45, 7) is 0.751. The molecule has 2 amide bonds. The largest absolute Gasteiger partial charge is 0.454 e. The van der Waals surface area contributed by atoms with E-state index in [1.165, 1.54) is 12.8 Å². The van der Waals surface area contributed by atoms with E-state index in [1.54, 1.807) is 11.9 Å². The van der Waals surface area contributed by atoms with Gasteiger partial charge in [-0.2, -0.15) is 0 Å². The zero-order valence-electron chi connectivity index (χ0n) is 14.0. The molecule has 1 aromatic rings. The van der Waals surface area contributed by atoms with Crippen LogP contribution in [0, 0.1) is 5.92 Å². The van der Waals surface area contributed by atoms with Gasteiger partial charge in [0.25, 0.3) is 0 Å². The summed E-state index contributed by atoms with van der Waals surface area (Å²) in [6, 6.07) is 5.64. The first-order valence-corrected chi connectivity index (χ1v) is 8.51. The molecule has 1 fully saturated rings. The van der Waals surface area contributed by atoms with E-state index in [0.29, 0.717) is 24.6 Å². The van der Waals surface area contributed by atoms with Gasteiger partial charge >= 0.3 is 0 Å². The molecular formula is C18H24N2O4. The van der Waals surface area contributed by atoms with Crippen molar-refractivity contribution in [1.82, 2.24) is 10.2 Å². The van der Waals surface area contributed by atoms with Crippen molar-refractivity contribution >= 4 is 11.8 Å². The topological polar surface area (TPSA) is 67.9 Å². The summed E-state index contributed by atoms with van der Waals surface area (Å²) in [5, 5.41) is 2.74. The lowest BCUT2D eigenvalue weighted by Crippen LogP contribution is -2.38. The van der Waals surface area contributed by atoms with Gasteiger partial charge in [0.2, 0.25) is 18.6 Å². The monoisotopic (exact) mass is 332 g/mol. The molecule has 0 spiro atoms. The molecule has 1 saturated carbocycles. The van der Waals surface area contributed by atoms with Crippen LogP contribution in [-0.2, 0) is 16.1 Å². The highest BCUT2D eigenvalue weighted by molar-refractivity contribution is 5.84. The zero-order valence-corrected chi connectivity index (χ0v) is 14.0. The van der Waals surface area contributed by atoms with Crippen LogP contribution in [0.2, 0.25) is 0 Å². The zero-order chi connectivity index (χ0) is 16.9. The average Bonchev–Trinajstić information content (AvgIpc) is 3.23. The first-order chi connectivity index (χ1) is 11.6. The molecular weight excluding hydrogens is 308 g/mol. The number of fused-ring (bicyclic) bond motifs is 1. The van der Waals surface area contributed by atoms with Gasteiger partial charge < -0.3 is 19.7 Å². The number of nitrogens with one attached hydrogen (secondary N) is 1. The Bertz CT molecular complexity index is 611. The number of nitrogens with zero attached hydrogens (tertiary/aromatic N) is 1. The Morgan fingerprint density at radius 2 is 1.96 bits per heavy atom. The molecule has 1 heterocycles. The smallest absolute Gasteiger partial charge is 0.242 e. The van der Waals surface area contributed by atoms with Gasteiger partial charge in [-0.3, -0.25) is 9.59 Å². The Morgan fingerprint density at radius 3 is 2.75 bits per heavy atom. The average molecular weight is 332 g/mol. The summed E-state index contributed by atoms with van der Waals surface area (Å²) in [5.41, 5.74) is 0.965. The van der Waals surface area contributed by atoms with Gasteiger partial charge in [-0.1, -0.05) is 18.9 Å². The summed E-state index contributed by atoms with van der Waals surface area (Å²) < 4.78 is 10.6. The van der Waals surface area contributed by atoms with E-state index < -0.39 is 0 Å². The molecule has 0 saturated heterocycles. The Balaban J connectivity index is 1.43. The van der Waals surface area contributed by atoms with Crippen molar-refractivity contribution in [2.24, 2.45) is 5.92 Å². The lowest BCUT2D eigenvalue weighted by Gasteiger charge is -2.18. The van der Waals surface area contributed by atoms with Crippen LogP contribution in [0.15, 0.2) is 18.2 Å². The normalized spacial score (nSPS) is 16.2. The lowest BCUT2D eigenvalue weighted by atomic mass is 10.0. The highest BCUT2D eigenvalue weighted by atomic mass is 16.7. The maximum absolute atomic E-state index is 12.2. The van der Waals surface area contributed by atoms with Gasteiger partial charge in [0.1, 0.15) is 0 Å².